The molecule has 0 saturated heterocycles. The molecule has 5 heteroatoms. The molecule has 3 rings (SSSR count). The van der Waals surface area contributed by atoms with Gasteiger partial charge in [-0.25, -0.2) is 4.98 Å². The fourth-order valence-corrected chi connectivity index (χ4v) is 3.08. The van der Waals surface area contributed by atoms with E-state index in [1.165, 1.54) is 11.1 Å². The van der Waals surface area contributed by atoms with Crippen LogP contribution in [0.5, 0.6) is 0 Å². The lowest BCUT2D eigenvalue weighted by molar-refractivity contribution is 0.405. The van der Waals surface area contributed by atoms with Crippen molar-refractivity contribution in [2.24, 2.45) is 0 Å². The molecule has 2 aromatic carbocycles. The number of benzene rings is 2. The Labute approximate surface area is 167 Å². The van der Waals surface area contributed by atoms with Gasteiger partial charge in [0.2, 0.25) is 5.95 Å². The van der Waals surface area contributed by atoms with Gasteiger partial charge < -0.3 is 15.5 Å². The number of para-hydroxylation sites is 1. The average molecular weight is 376 g/mol. The van der Waals surface area contributed by atoms with Gasteiger partial charge in [-0.15, -0.1) is 0 Å². The van der Waals surface area contributed by atoms with E-state index in [0.29, 0.717) is 5.95 Å². The van der Waals surface area contributed by atoms with Gasteiger partial charge in [0.05, 0.1) is 5.69 Å². The first-order chi connectivity index (χ1) is 13.5. The molecule has 28 heavy (non-hydrogen) atoms. The quantitative estimate of drug-likeness (QED) is 0.550. The Kier molecular flexibility index (Phi) is 6.61. The van der Waals surface area contributed by atoms with Crippen molar-refractivity contribution in [3.05, 3.63) is 65.7 Å². The number of hydrogen-bond donors (Lipinski definition) is 2. The van der Waals surface area contributed by atoms with Crippen LogP contribution in [0.15, 0.2) is 54.6 Å². The second kappa shape index (κ2) is 9.33. The lowest BCUT2D eigenvalue weighted by atomic mass is 10.1. The van der Waals surface area contributed by atoms with Crippen LogP contribution in [0.25, 0.3) is 11.3 Å². The minimum atomic E-state index is 0.647. The number of rotatable bonds is 8. The zero-order valence-corrected chi connectivity index (χ0v) is 17.2. The largest absolute Gasteiger partial charge is 0.354 e. The molecule has 3 aromatic rings. The zero-order chi connectivity index (χ0) is 19.9. The molecule has 0 spiro atoms. The maximum absolute atomic E-state index is 4.73. The molecule has 0 bridgehead atoms. The molecule has 2 N–H and O–H groups in total. The Balaban J connectivity index is 1.89. The van der Waals surface area contributed by atoms with Gasteiger partial charge >= 0.3 is 0 Å². The first kappa shape index (κ1) is 19.8. The van der Waals surface area contributed by atoms with Crippen molar-refractivity contribution in [2.75, 3.05) is 37.8 Å². The van der Waals surface area contributed by atoms with Crippen LogP contribution in [0.3, 0.4) is 0 Å². The molecule has 146 valence electrons. The van der Waals surface area contributed by atoms with Crippen molar-refractivity contribution in [1.29, 1.82) is 0 Å². The van der Waals surface area contributed by atoms with Crippen molar-refractivity contribution in [2.45, 2.75) is 20.3 Å². The first-order valence-electron chi connectivity index (χ1n) is 9.69. The fourth-order valence-electron chi connectivity index (χ4n) is 3.08. The molecule has 0 saturated carbocycles. The predicted octanol–water partition coefficient (Wildman–Crippen LogP) is 4.87. The molecule has 1 heterocycles. The average Bonchev–Trinajstić information content (AvgIpc) is 2.69. The summed E-state index contributed by atoms with van der Waals surface area (Å²) in [5.41, 5.74) is 5.46. The Morgan fingerprint density at radius 1 is 0.893 bits per heavy atom. The van der Waals surface area contributed by atoms with Crippen LogP contribution in [0.2, 0.25) is 0 Å². The van der Waals surface area contributed by atoms with E-state index in [1.807, 2.05) is 24.3 Å². The number of aryl methyl sites for hydroxylation is 2. The molecule has 0 radical (unpaired) electrons. The highest BCUT2D eigenvalue weighted by Crippen LogP contribution is 2.27. The van der Waals surface area contributed by atoms with Gasteiger partial charge in [-0.3, -0.25) is 0 Å². The number of anilines is 3. The molecule has 0 aliphatic carbocycles. The van der Waals surface area contributed by atoms with Gasteiger partial charge in [0, 0.05) is 23.9 Å². The third-order valence-electron chi connectivity index (χ3n) is 4.60. The molecule has 0 fully saturated rings. The van der Waals surface area contributed by atoms with Crippen LogP contribution in [0.4, 0.5) is 17.5 Å². The van der Waals surface area contributed by atoms with E-state index in [1.54, 1.807) is 0 Å². The molecule has 0 atom stereocenters. The maximum Gasteiger partial charge on any atom is 0.225 e. The van der Waals surface area contributed by atoms with Gasteiger partial charge in [-0.1, -0.05) is 48.5 Å². The standard InChI is InChI=1S/C23H29N5/c1-17-10-8-11-18(2)22(17)26-21-16-20(19-12-6-5-7-13-19)25-23(27-21)24-14-9-15-28(3)4/h5-8,10-13,16H,9,14-15H2,1-4H3,(H2,24,25,26,27). The van der Waals surface area contributed by atoms with Crippen LogP contribution in [0.1, 0.15) is 17.5 Å². The van der Waals surface area contributed by atoms with Crippen molar-refractivity contribution in [3.8, 4) is 11.3 Å². The molecule has 1 aromatic heterocycles. The summed E-state index contributed by atoms with van der Waals surface area (Å²) in [4.78, 5) is 11.6. The molecule has 5 nitrogen and oxygen atoms in total. The topological polar surface area (TPSA) is 53.1 Å². The summed E-state index contributed by atoms with van der Waals surface area (Å²) >= 11 is 0. The second-order valence-corrected chi connectivity index (χ2v) is 7.30. The number of hydrogen-bond acceptors (Lipinski definition) is 5. The summed E-state index contributed by atoms with van der Waals surface area (Å²) in [6.07, 6.45) is 1.03. The van der Waals surface area contributed by atoms with Gasteiger partial charge in [0.25, 0.3) is 0 Å². The lowest BCUT2D eigenvalue weighted by Crippen LogP contribution is -2.17. The van der Waals surface area contributed by atoms with Gasteiger partial charge in [-0.05, 0) is 52.0 Å². The maximum atomic E-state index is 4.73. The van der Waals surface area contributed by atoms with Crippen molar-refractivity contribution in [1.82, 2.24) is 14.9 Å². The third-order valence-corrected chi connectivity index (χ3v) is 4.60. The SMILES string of the molecule is Cc1cccc(C)c1Nc1cc(-c2ccccc2)nc(NCCCN(C)C)n1. The van der Waals surface area contributed by atoms with E-state index in [4.69, 9.17) is 9.97 Å². The predicted molar refractivity (Wildman–Crippen MR) is 118 cm³/mol. The molecular formula is C23H29N5. The van der Waals surface area contributed by atoms with E-state index in [0.717, 1.165) is 42.3 Å². The molecular weight excluding hydrogens is 346 g/mol. The van der Waals surface area contributed by atoms with Gasteiger partial charge in [-0.2, -0.15) is 4.98 Å². The smallest absolute Gasteiger partial charge is 0.225 e. The summed E-state index contributed by atoms with van der Waals surface area (Å²) in [6, 6.07) is 18.5. The number of nitrogens with one attached hydrogen (secondary N) is 2. The first-order valence-corrected chi connectivity index (χ1v) is 9.69. The normalized spacial score (nSPS) is 10.9. The molecule has 0 aliphatic rings. The van der Waals surface area contributed by atoms with Crippen molar-refractivity contribution in [3.63, 3.8) is 0 Å². The zero-order valence-electron chi connectivity index (χ0n) is 17.2. The number of nitrogens with zero attached hydrogens (tertiary/aromatic N) is 3. The Bertz CT molecular complexity index is 886. The summed E-state index contributed by atoms with van der Waals surface area (Å²) in [6.45, 7) is 6.07. The van der Waals surface area contributed by atoms with E-state index in [9.17, 15) is 0 Å². The lowest BCUT2D eigenvalue weighted by Gasteiger charge is -2.15. The highest BCUT2D eigenvalue weighted by atomic mass is 15.1. The van der Waals surface area contributed by atoms with Crippen LogP contribution in [0, 0.1) is 13.8 Å². The van der Waals surface area contributed by atoms with E-state index in [2.05, 4.69) is 73.8 Å². The van der Waals surface area contributed by atoms with Crippen LogP contribution < -0.4 is 10.6 Å². The molecule has 0 amide bonds. The molecule has 0 unspecified atom stereocenters. The molecule has 0 aliphatic heterocycles. The Morgan fingerprint density at radius 3 is 2.29 bits per heavy atom. The highest BCUT2D eigenvalue weighted by Gasteiger charge is 2.09. The van der Waals surface area contributed by atoms with E-state index < -0.39 is 0 Å². The van der Waals surface area contributed by atoms with E-state index >= 15 is 0 Å². The summed E-state index contributed by atoms with van der Waals surface area (Å²) in [5, 5.41) is 6.88. The van der Waals surface area contributed by atoms with Crippen LogP contribution in [-0.2, 0) is 0 Å². The van der Waals surface area contributed by atoms with Gasteiger partial charge in [0.15, 0.2) is 0 Å². The van der Waals surface area contributed by atoms with Crippen LogP contribution >= 0.6 is 0 Å². The summed E-state index contributed by atoms with van der Waals surface area (Å²) < 4.78 is 0. The number of aromatic nitrogens is 2. The third kappa shape index (κ3) is 5.30. The minimum Gasteiger partial charge on any atom is -0.354 e. The highest BCUT2D eigenvalue weighted by molar-refractivity contribution is 5.70. The van der Waals surface area contributed by atoms with Crippen molar-refractivity contribution < 1.29 is 0 Å². The van der Waals surface area contributed by atoms with Crippen molar-refractivity contribution >= 4 is 17.5 Å². The minimum absolute atomic E-state index is 0.647. The monoisotopic (exact) mass is 375 g/mol. The van der Waals surface area contributed by atoms with E-state index in [-0.39, 0.29) is 0 Å². The second-order valence-electron chi connectivity index (χ2n) is 7.30. The summed E-state index contributed by atoms with van der Waals surface area (Å²) in [7, 11) is 4.16. The Hall–Kier alpha value is -2.92. The summed E-state index contributed by atoms with van der Waals surface area (Å²) in [5.74, 6) is 1.44. The van der Waals surface area contributed by atoms with Crippen LogP contribution in [-0.4, -0.2) is 42.1 Å². The fraction of sp³-hybridized carbons (Fsp3) is 0.304. The Morgan fingerprint density at radius 2 is 1.61 bits per heavy atom. The van der Waals surface area contributed by atoms with Gasteiger partial charge in [0.1, 0.15) is 5.82 Å².